The van der Waals surface area contributed by atoms with E-state index >= 15 is 19.2 Å². The van der Waals surface area contributed by atoms with Gasteiger partial charge in [0, 0.05) is 24.8 Å². The molecule has 8 amide bonds. The second kappa shape index (κ2) is 34.6. The third kappa shape index (κ3) is 15.2. The zero-order valence-electron chi connectivity index (χ0n) is 67.9. The molecule has 7 aromatic carbocycles. The van der Waals surface area contributed by atoms with Crippen molar-refractivity contribution in [3.8, 4) is 17.2 Å². The van der Waals surface area contributed by atoms with Gasteiger partial charge in [-0.25, -0.2) is 38.6 Å². The monoisotopic (exact) mass is 1650 g/mol. The van der Waals surface area contributed by atoms with Crippen LogP contribution in [0.5, 0.6) is 11.5 Å². The zero-order chi connectivity index (χ0) is 85.6. The number of unbranched alkanes of at least 4 members (excludes halogenated alkanes) is 8. The van der Waals surface area contributed by atoms with E-state index in [1.54, 1.807) is 55.5 Å². The summed E-state index contributed by atoms with van der Waals surface area (Å²) in [7, 11) is 1.25. The van der Waals surface area contributed by atoms with Crippen molar-refractivity contribution in [1.29, 1.82) is 0 Å². The molecule has 628 valence electrons. The van der Waals surface area contributed by atoms with Crippen LogP contribution in [0.1, 0.15) is 181 Å². The first-order valence-corrected chi connectivity index (χ1v) is 42.0. The van der Waals surface area contributed by atoms with Gasteiger partial charge >= 0.3 is 17.9 Å². The van der Waals surface area contributed by atoms with Crippen LogP contribution in [0.4, 0.5) is 22.7 Å². The number of ether oxygens (including phenoxy) is 6. The third-order valence-electron chi connectivity index (χ3n) is 24.9. The number of hydrogen-bond donors (Lipinski definition) is 0. The molecule has 0 radical (unpaired) electrons. The number of carbonyl (C=O) groups excluding carboxylic acids is 12. The van der Waals surface area contributed by atoms with Crippen LogP contribution in [0.15, 0.2) is 165 Å². The molecule has 2 aromatic heterocycles. The molecule has 7 aliphatic rings. The first-order valence-electron chi connectivity index (χ1n) is 42.0. The highest BCUT2D eigenvalue weighted by atomic mass is 16.5. The smallest absolute Gasteiger partial charge is 0.338 e. The lowest BCUT2D eigenvalue weighted by molar-refractivity contribution is -0.146. The number of hydrogen-bond acceptors (Lipinski definition) is 22. The topological polar surface area (TPSA) is 351 Å². The Hall–Kier alpha value is -13.0. The van der Waals surface area contributed by atoms with Gasteiger partial charge in [-0.1, -0.05) is 88.4 Å². The highest BCUT2D eigenvalue weighted by molar-refractivity contribution is 6.34. The lowest BCUT2D eigenvalue weighted by Crippen LogP contribution is -2.50. The standard InChI is InChI=1S/C94H90N6O22/c1-5-7-9-15-34-117-64-28-22-52(23-29-64)53-24-30-65(31-25-53)119-36-18-19-39-122-94(116)57-43-60(96-82(104)69-49-67-68(50-70(69)83(96)105)81(103)95(4)80(67)102)47-61(44-57)98-88(110)75-76(89(98)111)78-77(75)90(112)100(91(78)113)63-46-58(93(115)120-37-14-8-6-2)45-62(48-63)99-86(108)73-71-72(74(73)87(99)109)85(107)97(84(71)106)59-41-51(3)40-56(42-59)92(114)121-38-17-11-16-35-118-66-32-26-55(27-33-66)79(101)54-20-12-10-13-21-54/h10,12-13,20-21,24-27,30-33,40-50,52,64,71-78H,5-9,11,14-19,22-23,28-29,34-39H2,1-4H3. The van der Waals surface area contributed by atoms with Crippen LogP contribution in [0.2, 0.25) is 0 Å². The van der Waals surface area contributed by atoms with Gasteiger partial charge in [-0.05, 0) is 198 Å². The summed E-state index contributed by atoms with van der Waals surface area (Å²) < 4.78 is 36.5. The second-order valence-electron chi connectivity index (χ2n) is 32.6. The van der Waals surface area contributed by atoms with Crippen LogP contribution in [-0.4, -0.2) is 126 Å². The van der Waals surface area contributed by atoms with Gasteiger partial charge in [-0.15, -0.1) is 0 Å². The van der Waals surface area contributed by atoms with Gasteiger partial charge in [0.2, 0.25) is 47.3 Å². The van der Waals surface area contributed by atoms with E-state index in [0.717, 1.165) is 103 Å². The normalized spacial score (nSPS) is 21.4. The summed E-state index contributed by atoms with van der Waals surface area (Å²) in [5, 5.41) is -0.783. The summed E-state index contributed by atoms with van der Waals surface area (Å²) >= 11 is 0. The van der Waals surface area contributed by atoms with Crippen molar-refractivity contribution < 1.29 is 86.0 Å². The Morgan fingerprint density at radius 3 is 1.13 bits per heavy atom. The number of amides is 8. The van der Waals surface area contributed by atoms with Crippen molar-refractivity contribution in [2.45, 2.75) is 136 Å². The van der Waals surface area contributed by atoms with E-state index in [-0.39, 0.29) is 98.9 Å². The van der Waals surface area contributed by atoms with Crippen molar-refractivity contribution in [3.63, 3.8) is 0 Å². The van der Waals surface area contributed by atoms with E-state index in [0.29, 0.717) is 111 Å². The summed E-state index contributed by atoms with van der Waals surface area (Å²) in [6.07, 6.45) is 13.5. The number of aryl methyl sites for hydroxylation is 1. The van der Waals surface area contributed by atoms with Gasteiger partial charge in [0.25, 0.3) is 22.2 Å². The first kappa shape index (κ1) is 82.7. The van der Waals surface area contributed by atoms with Crippen molar-refractivity contribution in [1.82, 2.24) is 9.13 Å². The minimum Gasteiger partial charge on any atom is -0.494 e. The third-order valence-corrected chi connectivity index (χ3v) is 24.9. The Kier molecular flexibility index (Phi) is 23.5. The van der Waals surface area contributed by atoms with Gasteiger partial charge in [-0.2, -0.15) is 0 Å². The minimum atomic E-state index is -1.53. The quantitative estimate of drug-likeness (QED) is 0.0119. The molecule has 122 heavy (non-hydrogen) atoms. The lowest BCUT2D eigenvalue weighted by Gasteiger charge is -2.36. The molecule has 7 fully saturated rings. The van der Waals surface area contributed by atoms with Gasteiger partial charge in [0.05, 0.1) is 153 Å². The Labute approximate surface area is 699 Å². The minimum absolute atomic E-state index is 0.0110. The molecule has 6 heterocycles. The number of aromatic nitrogens is 2. The number of rotatable bonds is 34. The lowest BCUT2D eigenvalue weighted by atomic mass is 9.59. The Balaban J connectivity index is 0.590. The average Bonchev–Trinajstić information content (AvgIpc) is 1.52. The number of fused-ring (bicyclic) bond motifs is 10. The molecule has 3 saturated carbocycles. The maximum absolute atomic E-state index is 15.1. The number of carbonyl (C=O) groups is 12. The highest BCUT2D eigenvalue weighted by Crippen LogP contribution is 2.60. The zero-order valence-corrected chi connectivity index (χ0v) is 67.9. The van der Waals surface area contributed by atoms with Crippen LogP contribution < -0.4 is 51.3 Å². The fraction of sp³-hybridized carbons (Fsp3) is 0.383. The molecule has 4 saturated heterocycles. The van der Waals surface area contributed by atoms with Crippen molar-refractivity contribution in [2.75, 3.05) is 59.2 Å². The Morgan fingerprint density at radius 1 is 0.336 bits per heavy atom. The largest absolute Gasteiger partial charge is 0.494 e. The van der Waals surface area contributed by atoms with Crippen molar-refractivity contribution in [3.05, 3.63) is 226 Å². The molecule has 4 aliphatic heterocycles. The molecule has 0 N–H and O–H groups in total. The predicted octanol–water partition coefficient (Wildman–Crippen LogP) is 11.2. The van der Waals surface area contributed by atoms with Crippen molar-refractivity contribution >= 4 is 115 Å². The first-order chi connectivity index (χ1) is 59.0. The van der Waals surface area contributed by atoms with E-state index in [1.807, 2.05) is 25.1 Å². The SMILES string of the molecule is CCCCCCOC1CCC(c2ccc(OCCCCOC(=O)c3cc(N4C(=O)C5C6C(=O)N(c7cc(C(=O)OCCCCC)cc(N8C(=O)C9C%10C(=O)N(c%11cc(C)cc(C(=O)OCCCCCOc%12ccc(C(=O)c%13ccccc%13)cc%12)c%11)C(=O)C%10C9C8=O)c7)C(=O)C6C5C4=O)cc(-n4c(=O)c5cc6c(=O)n(C)c(=O)c6cc5c4=O)c3)cc2)CC1. The van der Waals surface area contributed by atoms with Crippen LogP contribution in [-0.2, 0) is 64.4 Å². The summed E-state index contributed by atoms with van der Waals surface area (Å²) in [6, 6.07) is 37.2. The molecule has 8 unspecified atom stereocenters. The molecule has 16 rings (SSSR count). The molecule has 28 heteroatoms. The Morgan fingerprint density at radius 2 is 0.680 bits per heavy atom. The molecule has 9 aromatic rings. The summed E-state index contributed by atoms with van der Waals surface area (Å²) in [5.41, 5.74) is -2.61. The van der Waals surface area contributed by atoms with Gasteiger partial charge < -0.3 is 28.4 Å². The molecule has 0 bridgehead atoms. The molecule has 8 atom stereocenters. The summed E-state index contributed by atoms with van der Waals surface area (Å²) in [5.74, 6) is -20.2. The predicted molar refractivity (Wildman–Crippen MR) is 445 cm³/mol. The van der Waals surface area contributed by atoms with Crippen LogP contribution in [0.3, 0.4) is 0 Å². The fourth-order valence-electron chi connectivity index (χ4n) is 18.6. The van der Waals surface area contributed by atoms with Crippen molar-refractivity contribution in [2.24, 2.45) is 54.4 Å². The number of imide groups is 4. The highest BCUT2D eigenvalue weighted by Gasteiger charge is 2.75. The maximum Gasteiger partial charge on any atom is 0.338 e. The van der Waals surface area contributed by atoms with E-state index in [4.69, 9.17) is 28.4 Å². The van der Waals surface area contributed by atoms with Crippen LogP contribution in [0, 0.1) is 54.3 Å². The van der Waals surface area contributed by atoms with Crippen LogP contribution in [0.25, 0.3) is 27.2 Å². The molecular formula is C94H90N6O22. The average molecular weight is 1660 g/mol. The number of ketones is 1. The number of anilines is 4. The van der Waals surface area contributed by atoms with E-state index in [9.17, 15) is 57.5 Å². The number of nitrogens with zero attached hydrogens (tertiary/aromatic N) is 6. The number of benzene rings is 7. The summed E-state index contributed by atoms with van der Waals surface area (Å²) in [4.78, 5) is 232. The molecule has 28 nitrogen and oxygen atoms in total. The van der Waals surface area contributed by atoms with Gasteiger partial charge in [0.15, 0.2) is 5.78 Å². The fourth-order valence-corrected chi connectivity index (χ4v) is 18.6. The number of esters is 3. The van der Waals surface area contributed by atoms with Crippen LogP contribution >= 0.6 is 0 Å². The van der Waals surface area contributed by atoms with Gasteiger partial charge in [-0.3, -0.25) is 66.9 Å². The van der Waals surface area contributed by atoms with E-state index in [1.165, 1.54) is 50.1 Å². The Bertz CT molecular complexity index is 5830. The maximum atomic E-state index is 15.1. The summed E-state index contributed by atoms with van der Waals surface area (Å²) in [6.45, 7) is 7.02. The molecule has 3 aliphatic carbocycles. The van der Waals surface area contributed by atoms with E-state index in [2.05, 4.69) is 19.1 Å². The van der Waals surface area contributed by atoms with E-state index < -0.39 is 135 Å². The second-order valence-corrected chi connectivity index (χ2v) is 32.6. The molecular weight excluding hydrogens is 1570 g/mol. The molecule has 0 spiro atoms. The van der Waals surface area contributed by atoms with Gasteiger partial charge in [0.1, 0.15) is 11.5 Å².